The first-order chi connectivity index (χ1) is 21.6. The van der Waals surface area contributed by atoms with Gasteiger partial charge in [0.25, 0.3) is 17.6 Å². The SMILES string of the molecule is CC(=O)O.CC(C)[C@H](N)C(=O)NCC(=O)N(C(=O)OCc1ccccc1)[C@@H](CCCN=C(N)N)C(=O)Nc1ccc([N+](=O)[O-])cc1. The van der Waals surface area contributed by atoms with Gasteiger partial charge in [-0.15, -0.1) is 0 Å². The lowest BCUT2D eigenvalue weighted by Gasteiger charge is -2.29. The predicted molar refractivity (Wildman–Crippen MR) is 168 cm³/mol. The second-order valence-electron chi connectivity index (χ2n) is 10.1. The van der Waals surface area contributed by atoms with Crippen LogP contribution in [0, 0.1) is 16.0 Å². The molecule has 0 spiro atoms. The Bertz CT molecular complexity index is 1360. The molecule has 2 atom stereocenters. The Morgan fingerprint density at radius 1 is 1.02 bits per heavy atom. The molecule has 17 heteroatoms. The van der Waals surface area contributed by atoms with Gasteiger partial charge in [0, 0.05) is 31.3 Å². The van der Waals surface area contributed by atoms with Gasteiger partial charge in [-0.05, 0) is 36.5 Å². The van der Waals surface area contributed by atoms with Crippen LogP contribution in [0.3, 0.4) is 0 Å². The summed E-state index contributed by atoms with van der Waals surface area (Å²) in [4.78, 5) is 76.5. The lowest BCUT2D eigenvalue weighted by atomic mass is 10.1. The maximum atomic E-state index is 13.5. The van der Waals surface area contributed by atoms with E-state index in [0.717, 1.165) is 6.92 Å². The Balaban J connectivity index is 0.00000249. The molecule has 0 saturated heterocycles. The van der Waals surface area contributed by atoms with Crippen LogP contribution in [0.4, 0.5) is 16.2 Å². The van der Waals surface area contributed by atoms with Gasteiger partial charge in [-0.2, -0.15) is 0 Å². The van der Waals surface area contributed by atoms with E-state index in [1.165, 1.54) is 24.3 Å². The number of guanidine groups is 1. The molecule has 0 heterocycles. The zero-order valence-corrected chi connectivity index (χ0v) is 25.8. The first kappa shape index (κ1) is 38.4. The number of nitrogens with one attached hydrogen (secondary N) is 2. The van der Waals surface area contributed by atoms with Gasteiger partial charge in [0.2, 0.25) is 11.8 Å². The highest BCUT2D eigenvalue weighted by atomic mass is 16.6. The van der Waals surface area contributed by atoms with Crippen LogP contribution in [0.15, 0.2) is 59.6 Å². The van der Waals surface area contributed by atoms with Crippen molar-refractivity contribution >= 4 is 47.1 Å². The number of hydrogen-bond donors (Lipinski definition) is 6. The number of aliphatic carboxylic acids is 1. The molecule has 4 amide bonds. The first-order valence-corrected chi connectivity index (χ1v) is 14.0. The zero-order chi connectivity index (χ0) is 34.8. The van der Waals surface area contributed by atoms with Crippen LogP contribution in [0.25, 0.3) is 0 Å². The molecule has 0 aliphatic carbocycles. The van der Waals surface area contributed by atoms with E-state index in [1.54, 1.807) is 44.2 Å². The summed E-state index contributed by atoms with van der Waals surface area (Å²) in [7, 11) is 0. The second kappa shape index (κ2) is 19.6. The molecule has 2 aromatic carbocycles. The largest absolute Gasteiger partial charge is 0.481 e. The van der Waals surface area contributed by atoms with Gasteiger partial charge in [0.15, 0.2) is 5.96 Å². The summed E-state index contributed by atoms with van der Waals surface area (Å²) in [6.45, 7) is 3.79. The van der Waals surface area contributed by atoms with Crippen LogP contribution in [0.5, 0.6) is 0 Å². The number of nitro benzene ring substituents is 1. The van der Waals surface area contributed by atoms with Gasteiger partial charge >= 0.3 is 6.09 Å². The number of aliphatic imine (C=N–C) groups is 1. The van der Waals surface area contributed by atoms with Crippen LogP contribution in [0.2, 0.25) is 0 Å². The average molecular weight is 645 g/mol. The van der Waals surface area contributed by atoms with Crippen molar-refractivity contribution in [1.82, 2.24) is 10.2 Å². The normalized spacial score (nSPS) is 11.5. The second-order valence-corrected chi connectivity index (χ2v) is 10.1. The molecule has 0 unspecified atom stereocenters. The number of imide groups is 1. The average Bonchev–Trinajstić information content (AvgIpc) is 2.99. The predicted octanol–water partition coefficient (Wildman–Crippen LogP) is 1.31. The highest BCUT2D eigenvalue weighted by Gasteiger charge is 2.36. The topological polar surface area (TPSA) is 276 Å². The molecule has 9 N–H and O–H groups in total. The number of carboxylic acid groups (broad SMARTS) is 1. The zero-order valence-electron chi connectivity index (χ0n) is 25.8. The fourth-order valence-electron chi connectivity index (χ4n) is 3.62. The molecule has 0 radical (unpaired) electrons. The summed E-state index contributed by atoms with van der Waals surface area (Å²) in [6.07, 6.45) is -1.03. The maximum absolute atomic E-state index is 13.5. The van der Waals surface area contributed by atoms with Crippen molar-refractivity contribution in [2.75, 3.05) is 18.4 Å². The Morgan fingerprint density at radius 2 is 1.61 bits per heavy atom. The van der Waals surface area contributed by atoms with Crippen LogP contribution in [-0.4, -0.2) is 75.8 Å². The first-order valence-electron chi connectivity index (χ1n) is 14.0. The van der Waals surface area contributed by atoms with Crippen LogP contribution in [0.1, 0.15) is 39.2 Å². The van der Waals surface area contributed by atoms with E-state index < -0.39 is 53.3 Å². The Kier molecular flexibility index (Phi) is 16.4. The quantitative estimate of drug-likeness (QED) is 0.0558. The van der Waals surface area contributed by atoms with Gasteiger partial charge in [-0.1, -0.05) is 44.2 Å². The summed E-state index contributed by atoms with van der Waals surface area (Å²) in [5, 5.41) is 23.4. The van der Waals surface area contributed by atoms with Crippen molar-refractivity contribution in [1.29, 1.82) is 0 Å². The van der Waals surface area contributed by atoms with Gasteiger partial charge in [0.1, 0.15) is 12.6 Å². The molecule has 2 aromatic rings. The molecular formula is C29H40N8O9. The minimum Gasteiger partial charge on any atom is -0.481 e. The molecule has 0 aliphatic heterocycles. The Labute approximate surface area is 265 Å². The molecule has 0 aliphatic rings. The number of non-ortho nitro benzene ring substituents is 1. The standard InChI is InChI=1S/C27H36N8O7.C2H4O2/c1-17(2)23(28)25(38)32-15-22(36)34(27(39)42-16-18-7-4-3-5-8-18)21(9-6-14-31-26(29)30)24(37)33-19-10-12-20(13-11-19)35(40)41;1-2(3)4/h3-5,7-8,10-13,17,21,23H,6,9,14-16,28H2,1-2H3,(H,32,38)(H,33,37)(H4,29,30,31);1H3,(H,3,4)/t21-,23-;/m0./s1. The summed E-state index contributed by atoms with van der Waals surface area (Å²) < 4.78 is 5.38. The molecule has 250 valence electrons. The van der Waals surface area contributed by atoms with Gasteiger partial charge < -0.3 is 37.7 Å². The number of nitro groups is 1. The lowest BCUT2D eigenvalue weighted by Crippen LogP contribution is -2.54. The van der Waals surface area contributed by atoms with Crippen LogP contribution >= 0.6 is 0 Å². The van der Waals surface area contributed by atoms with Crippen molar-refractivity contribution in [3.8, 4) is 0 Å². The van der Waals surface area contributed by atoms with Crippen molar-refractivity contribution < 1.29 is 38.7 Å². The van der Waals surface area contributed by atoms with Gasteiger partial charge in [-0.25, -0.2) is 9.69 Å². The number of carboxylic acids is 1. The Morgan fingerprint density at radius 3 is 2.13 bits per heavy atom. The number of carbonyl (C=O) groups excluding carboxylic acids is 4. The maximum Gasteiger partial charge on any atom is 0.417 e. The van der Waals surface area contributed by atoms with Crippen molar-refractivity contribution in [2.45, 2.75) is 52.3 Å². The molecule has 2 rings (SSSR count). The number of carbonyl (C=O) groups is 5. The lowest BCUT2D eigenvalue weighted by molar-refractivity contribution is -0.384. The number of ether oxygens (including phenoxy) is 1. The highest BCUT2D eigenvalue weighted by molar-refractivity contribution is 6.03. The third-order valence-electron chi connectivity index (χ3n) is 6.00. The molecule has 17 nitrogen and oxygen atoms in total. The van der Waals surface area contributed by atoms with Crippen molar-refractivity contribution in [2.24, 2.45) is 28.1 Å². The molecular weight excluding hydrogens is 604 g/mol. The molecule has 46 heavy (non-hydrogen) atoms. The van der Waals surface area contributed by atoms with E-state index >= 15 is 0 Å². The number of benzene rings is 2. The van der Waals surface area contributed by atoms with Crippen molar-refractivity contribution in [3.63, 3.8) is 0 Å². The number of anilines is 1. The summed E-state index contributed by atoms with van der Waals surface area (Å²) in [6, 6.07) is 11.3. The monoisotopic (exact) mass is 644 g/mol. The fourth-order valence-corrected chi connectivity index (χ4v) is 3.62. The molecule has 0 fully saturated rings. The van der Waals surface area contributed by atoms with E-state index in [9.17, 15) is 29.3 Å². The summed E-state index contributed by atoms with van der Waals surface area (Å²) in [5.74, 6) is -3.56. The van der Waals surface area contributed by atoms with Crippen molar-refractivity contribution in [3.05, 3.63) is 70.3 Å². The number of rotatable bonds is 14. The third-order valence-corrected chi connectivity index (χ3v) is 6.00. The van der Waals surface area contributed by atoms with Gasteiger partial charge in [0.05, 0.1) is 17.5 Å². The number of nitrogens with zero attached hydrogens (tertiary/aromatic N) is 3. The third kappa shape index (κ3) is 14.3. The van der Waals surface area contributed by atoms with E-state index in [1.807, 2.05) is 0 Å². The van der Waals surface area contributed by atoms with E-state index in [4.69, 9.17) is 31.8 Å². The van der Waals surface area contributed by atoms with Crippen LogP contribution in [-0.2, 0) is 30.5 Å². The van der Waals surface area contributed by atoms with Gasteiger partial charge in [-0.3, -0.25) is 34.3 Å². The molecule has 0 bridgehead atoms. The minimum absolute atomic E-state index is 0.0821. The summed E-state index contributed by atoms with van der Waals surface area (Å²) in [5.41, 5.74) is 17.2. The Hall–Kier alpha value is -5.58. The number of nitrogens with two attached hydrogens (primary N) is 3. The van der Waals surface area contributed by atoms with E-state index in [0.29, 0.717) is 10.5 Å². The van der Waals surface area contributed by atoms with Crippen LogP contribution < -0.4 is 27.8 Å². The molecule has 0 aromatic heterocycles. The number of amides is 4. The van der Waals surface area contributed by atoms with E-state index in [-0.39, 0.29) is 49.2 Å². The fraction of sp³-hybridized carbons (Fsp3) is 0.379. The smallest absolute Gasteiger partial charge is 0.417 e. The molecule has 0 saturated carbocycles. The minimum atomic E-state index is -1.43. The number of hydrogen-bond acceptors (Lipinski definition) is 10. The highest BCUT2D eigenvalue weighted by Crippen LogP contribution is 2.18. The summed E-state index contributed by atoms with van der Waals surface area (Å²) >= 11 is 0. The van der Waals surface area contributed by atoms with E-state index in [2.05, 4.69) is 15.6 Å².